The lowest BCUT2D eigenvalue weighted by Gasteiger charge is -2.13. The number of amides is 1. The van der Waals surface area contributed by atoms with Crippen LogP contribution >= 0.6 is 11.3 Å². The minimum Gasteiger partial charge on any atom is -0.490 e. The van der Waals surface area contributed by atoms with Crippen LogP contribution in [0.4, 0.5) is 5.13 Å². The van der Waals surface area contributed by atoms with Gasteiger partial charge in [-0.15, -0.1) is 10.2 Å². The number of nitriles is 1. The van der Waals surface area contributed by atoms with Crippen molar-refractivity contribution in [3.63, 3.8) is 0 Å². The maximum atomic E-state index is 12.7. The summed E-state index contributed by atoms with van der Waals surface area (Å²) in [4.78, 5) is 12.7. The molecular formula is C28H32N4O4S. The molecule has 9 heteroatoms. The molecule has 0 bridgehead atoms. The number of carbonyl (C=O) groups excluding carboxylic acids is 1. The Morgan fingerprint density at radius 3 is 2.54 bits per heavy atom. The Morgan fingerprint density at radius 1 is 1.05 bits per heavy atom. The minimum atomic E-state index is -0.545. The Hall–Kier alpha value is -3.90. The zero-order valence-corrected chi connectivity index (χ0v) is 22.6. The van der Waals surface area contributed by atoms with Gasteiger partial charge in [-0.3, -0.25) is 10.1 Å². The maximum Gasteiger partial charge on any atom is 0.268 e. The van der Waals surface area contributed by atoms with E-state index >= 15 is 0 Å². The molecule has 0 saturated heterocycles. The molecule has 0 radical (unpaired) electrons. The van der Waals surface area contributed by atoms with Crippen LogP contribution in [-0.2, 0) is 11.2 Å². The highest BCUT2D eigenvalue weighted by Crippen LogP contribution is 2.30. The number of hydrogen-bond donors (Lipinski definition) is 1. The molecule has 8 nitrogen and oxygen atoms in total. The molecule has 3 aromatic rings. The average molecular weight is 521 g/mol. The van der Waals surface area contributed by atoms with Crippen LogP contribution in [0.15, 0.2) is 42.0 Å². The largest absolute Gasteiger partial charge is 0.490 e. The van der Waals surface area contributed by atoms with Crippen molar-refractivity contribution in [2.24, 2.45) is 5.92 Å². The monoisotopic (exact) mass is 520 g/mol. The molecule has 1 aromatic heterocycles. The Morgan fingerprint density at radius 2 is 1.84 bits per heavy atom. The normalized spacial score (nSPS) is 11.2. The van der Waals surface area contributed by atoms with E-state index < -0.39 is 5.91 Å². The summed E-state index contributed by atoms with van der Waals surface area (Å²) >= 11 is 1.31. The lowest BCUT2D eigenvalue weighted by Crippen LogP contribution is -2.13. The zero-order chi connectivity index (χ0) is 26.8. The first-order valence-corrected chi connectivity index (χ1v) is 13.0. The second-order valence-corrected chi connectivity index (χ2v) is 9.87. The highest BCUT2D eigenvalue weighted by molar-refractivity contribution is 7.15. The lowest BCUT2D eigenvalue weighted by molar-refractivity contribution is -0.112. The Kier molecular flexibility index (Phi) is 10.0. The fraction of sp³-hybridized carbons (Fsp3) is 0.357. The topological polar surface area (TPSA) is 106 Å². The van der Waals surface area contributed by atoms with Gasteiger partial charge in [-0.1, -0.05) is 37.3 Å². The van der Waals surface area contributed by atoms with Crippen LogP contribution in [-0.4, -0.2) is 35.9 Å². The predicted molar refractivity (Wildman–Crippen MR) is 145 cm³/mol. The molecule has 0 aliphatic heterocycles. The highest BCUT2D eigenvalue weighted by atomic mass is 32.1. The molecule has 0 saturated carbocycles. The second kappa shape index (κ2) is 13.4. The number of ether oxygens (including phenoxy) is 3. The molecule has 37 heavy (non-hydrogen) atoms. The summed E-state index contributed by atoms with van der Waals surface area (Å²) in [6.07, 6.45) is 2.28. The van der Waals surface area contributed by atoms with Gasteiger partial charge in [-0.25, -0.2) is 0 Å². The Balaban J connectivity index is 1.64. The number of aromatic nitrogens is 2. The first-order valence-electron chi connectivity index (χ1n) is 12.1. The van der Waals surface area contributed by atoms with Crippen molar-refractivity contribution in [1.82, 2.24) is 10.2 Å². The molecule has 3 rings (SSSR count). The molecular weight excluding hydrogens is 488 g/mol. The van der Waals surface area contributed by atoms with E-state index in [0.29, 0.717) is 47.9 Å². The fourth-order valence-corrected chi connectivity index (χ4v) is 4.28. The van der Waals surface area contributed by atoms with Gasteiger partial charge in [0.2, 0.25) is 5.13 Å². The zero-order valence-electron chi connectivity index (χ0n) is 21.8. The van der Waals surface area contributed by atoms with E-state index in [2.05, 4.69) is 36.3 Å². The molecule has 1 heterocycles. The number of nitrogens with one attached hydrogen (secondary N) is 1. The van der Waals surface area contributed by atoms with Gasteiger partial charge < -0.3 is 14.2 Å². The van der Waals surface area contributed by atoms with E-state index in [0.717, 1.165) is 17.2 Å². The maximum absolute atomic E-state index is 12.7. The summed E-state index contributed by atoms with van der Waals surface area (Å²) in [7, 11) is 0. The summed E-state index contributed by atoms with van der Waals surface area (Å²) < 4.78 is 17.4. The first-order chi connectivity index (χ1) is 17.8. The molecule has 2 aromatic carbocycles. The molecule has 194 valence electrons. The quantitative estimate of drug-likeness (QED) is 0.184. The second-order valence-electron chi connectivity index (χ2n) is 8.81. The summed E-state index contributed by atoms with van der Waals surface area (Å²) in [5.41, 5.74) is 2.96. The van der Waals surface area contributed by atoms with E-state index in [9.17, 15) is 10.1 Å². The van der Waals surface area contributed by atoms with Gasteiger partial charge in [0.1, 0.15) is 35.6 Å². The van der Waals surface area contributed by atoms with E-state index in [-0.39, 0.29) is 5.57 Å². The number of anilines is 1. The summed E-state index contributed by atoms with van der Waals surface area (Å²) in [5.74, 6) is 1.75. The van der Waals surface area contributed by atoms with Crippen molar-refractivity contribution in [1.29, 1.82) is 5.26 Å². The van der Waals surface area contributed by atoms with E-state index in [1.54, 1.807) is 18.2 Å². The molecule has 0 unspecified atom stereocenters. The van der Waals surface area contributed by atoms with E-state index in [1.807, 2.05) is 38.1 Å². The number of aryl methyl sites for hydroxylation is 2. The third-order valence-electron chi connectivity index (χ3n) is 5.30. The SMILES string of the molecule is CCOc1cc(C=C(C#N)C(=O)Nc2nnc(CC(C)C)s2)ccc1OCCOc1ccc(C)c(C)c1. The Bertz CT molecular complexity index is 1290. The first kappa shape index (κ1) is 27.7. The van der Waals surface area contributed by atoms with E-state index in [4.69, 9.17) is 14.2 Å². The molecule has 0 fully saturated rings. The minimum absolute atomic E-state index is 0.0569. The lowest BCUT2D eigenvalue weighted by atomic mass is 10.1. The smallest absolute Gasteiger partial charge is 0.268 e. The van der Waals surface area contributed by atoms with Crippen molar-refractivity contribution in [3.8, 4) is 23.3 Å². The van der Waals surface area contributed by atoms with Crippen molar-refractivity contribution in [2.75, 3.05) is 25.1 Å². The van der Waals surface area contributed by atoms with Crippen LogP contribution in [0.25, 0.3) is 6.08 Å². The van der Waals surface area contributed by atoms with Crippen LogP contribution in [0.3, 0.4) is 0 Å². The van der Waals surface area contributed by atoms with Crippen molar-refractivity contribution >= 4 is 28.5 Å². The van der Waals surface area contributed by atoms with Gasteiger partial charge in [-0.2, -0.15) is 5.26 Å². The molecule has 0 spiro atoms. The summed E-state index contributed by atoms with van der Waals surface area (Å²) in [6.45, 7) is 11.3. The number of carbonyl (C=O) groups is 1. The Labute approximate surface area is 221 Å². The number of nitrogens with zero attached hydrogens (tertiary/aromatic N) is 3. The molecule has 1 amide bonds. The highest BCUT2D eigenvalue weighted by Gasteiger charge is 2.14. The third-order valence-corrected chi connectivity index (χ3v) is 6.16. The summed E-state index contributed by atoms with van der Waals surface area (Å²) in [6, 6.07) is 13.2. The number of hydrogen-bond acceptors (Lipinski definition) is 8. The average Bonchev–Trinajstić information content (AvgIpc) is 3.29. The van der Waals surface area contributed by atoms with Gasteiger partial charge in [0.05, 0.1) is 6.61 Å². The van der Waals surface area contributed by atoms with E-state index in [1.165, 1.54) is 28.5 Å². The van der Waals surface area contributed by atoms with Crippen molar-refractivity contribution < 1.29 is 19.0 Å². The van der Waals surface area contributed by atoms with Crippen LogP contribution < -0.4 is 19.5 Å². The van der Waals surface area contributed by atoms with Crippen LogP contribution in [0.2, 0.25) is 0 Å². The van der Waals surface area contributed by atoms with Gasteiger partial charge in [0, 0.05) is 6.42 Å². The van der Waals surface area contributed by atoms with Crippen molar-refractivity contribution in [3.05, 3.63) is 63.7 Å². The molecule has 1 N–H and O–H groups in total. The standard InChI is InChI=1S/C28H32N4O4S/c1-6-34-25-16-21(8-10-24(25)36-12-11-35-23-9-7-19(4)20(5)14-23)15-22(17-29)27(33)30-28-32-31-26(37-28)13-18(2)3/h7-10,14-16,18H,6,11-13H2,1-5H3,(H,30,32,33). The van der Waals surface area contributed by atoms with Crippen molar-refractivity contribution in [2.45, 2.75) is 41.0 Å². The number of rotatable bonds is 12. The summed E-state index contributed by atoms with van der Waals surface area (Å²) in [5, 5.41) is 21.5. The fourth-order valence-electron chi connectivity index (χ4n) is 3.33. The van der Waals surface area contributed by atoms with Gasteiger partial charge in [0.15, 0.2) is 11.5 Å². The van der Waals surface area contributed by atoms with Crippen LogP contribution in [0.5, 0.6) is 17.2 Å². The molecule has 0 atom stereocenters. The van der Waals surface area contributed by atoms with Crippen LogP contribution in [0.1, 0.15) is 42.5 Å². The molecule has 0 aliphatic carbocycles. The molecule has 0 aliphatic rings. The van der Waals surface area contributed by atoms with Gasteiger partial charge in [-0.05, 0) is 73.7 Å². The number of benzene rings is 2. The third kappa shape index (κ3) is 8.33. The van der Waals surface area contributed by atoms with Gasteiger partial charge in [0.25, 0.3) is 5.91 Å². The van der Waals surface area contributed by atoms with Gasteiger partial charge >= 0.3 is 0 Å². The predicted octanol–water partition coefficient (Wildman–Crippen LogP) is 5.76. The van der Waals surface area contributed by atoms with Crippen LogP contribution in [0, 0.1) is 31.1 Å².